The molecule has 0 aliphatic rings. The monoisotopic (exact) mass is 148 g/mol. The van der Waals surface area contributed by atoms with E-state index in [0.717, 1.165) is 5.52 Å². The summed E-state index contributed by atoms with van der Waals surface area (Å²) in [5, 5.41) is 0. The third-order valence-electron chi connectivity index (χ3n) is 1.41. The van der Waals surface area contributed by atoms with E-state index in [2.05, 4.69) is 21.3 Å². The number of rotatable bonds is 1. The predicted molar refractivity (Wildman–Crippen MR) is 39.3 cm³/mol. The lowest BCUT2D eigenvalue weighted by atomic mass is 10.4. The number of imidazole rings is 1. The van der Waals surface area contributed by atoms with Crippen LogP contribution < -0.4 is 4.74 Å². The number of hydrogen-bond acceptors (Lipinski definition) is 3. The molecule has 55 valence electrons. The quantitative estimate of drug-likeness (QED) is 0.649. The van der Waals surface area contributed by atoms with Crippen LogP contribution in [0.5, 0.6) is 5.88 Å². The van der Waals surface area contributed by atoms with Crippen LogP contribution in [0.1, 0.15) is 0 Å². The molecule has 11 heavy (non-hydrogen) atoms. The zero-order chi connectivity index (χ0) is 7.68. The minimum absolute atomic E-state index is 0.579. The molecule has 1 radical (unpaired) electrons. The van der Waals surface area contributed by atoms with E-state index in [9.17, 15) is 0 Å². The summed E-state index contributed by atoms with van der Waals surface area (Å²) in [7, 11) is 1.58. The molecule has 0 atom stereocenters. The molecule has 2 aromatic heterocycles. The summed E-state index contributed by atoms with van der Waals surface area (Å²) in [6, 6.07) is 3.59. The topological polar surface area (TPSA) is 50.8 Å². The number of pyridine rings is 1. The van der Waals surface area contributed by atoms with E-state index in [1.165, 1.54) is 0 Å². The van der Waals surface area contributed by atoms with Crippen LogP contribution in [-0.2, 0) is 0 Å². The maximum absolute atomic E-state index is 4.92. The van der Waals surface area contributed by atoms with Gasteiger partial charge in [0.1, 0.15) is 5.52 Å². The lowest BCUT2D eigenvalue weighted by Gasteiger charge is -1.95. The second-order valence-electron chi connectivity index (χ2n) is 2.07. The summed E-state index contributed by atoms with van der Waals surface area (Å²) in [5.74, 6) is 0.579. The minimum atomic E-state index is 0.579. The Kier molecular flexibility index (Phi) is 1.25. The number of H-pyrrole nitrogens is 1. The average Bonchev–Trinajstić information content (AvgIpc) is 2.50. The van der Waals surface area contributed by atoms with Gasteiger partial charge in [-0.2, -0.15) is 4.98 Å². The number of hydrogen-bond donors (Lipinski definition) is 1. The number of fused-ring (bicyclic) bond motifs is 1. The highest BCUT2D eigenvalue weighted by Crippen LogP contribution is 2.11. The van der Waals surface area contributed by atoms with Crippen molar-refractivity contribution in [1.29, 1.82) is 0 Å². The van der Waals surface area contributed by atoms with Crippen molar-refractivity contribution < 1.29 is 4.74 Å². The van der Waals surface area contributed by atoms with Gasteiger partial charge in [-0.15, -0.1) is 0 Å². The highest BCUT2D eigenvalue weighted by atomic mass is 16.5. The molecule has 4 heteroatoms. The second-order valence-corrected chi connectivity index (χ2v) is 2.07. The molecule has 2 rings (SSSR count). The first kappa shape index (κ1) is 6.15. The van der Waals surface area contributed by atoms with Crippen LogP contribution in [0.4, 0.5) is 0 Å². The van der Waals surface area contributed by atoms with Gasteiger partial charge in [0.25, 0.3) is 0 Å². The Morgan fingerprint density at radius 2 is 2.45 bits per heavy atom. The SMILES string of the molecule is COc1ccc2n[c][nH]c2n1. The van der Waals surface area contributed by atoms with E-state index in [1.54, 1.807) is 13.2 Å². The van der Waals surface area contributed by atoms with Crippen LogP contribution in [0.15, 0.2) is 12.1 Å². The summed E-state index contributed by atoms with van der Waals surface area (Å²) >= 11 is 0. The van der Waals surface area contributed by atoms with Crippen molar-refractivity contribution in [3.05, 3.63) is 18.5 Å². The molecule has 0 saturated heterocycles. The molecule has 4 nitrogen and oxygen atoms in total. The fraction of sp³-hybridized carbons (Fsp3) is 0.143. The fourth-order valence-electron chi connectivity index (χ4n) is 0.871. The van der Waals surface area contributed by atoms with E-state index < -0.39 is 0 Å². The van der Waals surface area contributed by atoms with Crippen molar-refractivity contribution in [2.75, 3.05) is 7.11 Å². The van der Waals surface area contributed by atoms with Crippen molar-refractivity contribution >= 4 is 11.2 Å². The van der Waals surface area contributed by atoms with Crippen molar-refractivity contribution in [3.63, 3.8) is 0 Å². The molecular formula is C7H6N3O. The van der Waals surface area contributed by atoms with E-state index in [-0.39, 0.29) is 0 Å². The van der Waals surface area contributed by atoms with E-state index >= 15 is 0 Å². The molecule has 0 aromatic carbocycles. The Bertz CT molecular complexity index is 368. The Labute approximate surface area is 63.2 Å². The van der Waals surface area contributed by atoms with Crippen LogP contribution in [0.3, 0.4) is 0 Å². The predicted octanol–water partition coefficient (Wildman–Crippen LogP) is 0.767. The lowest BCUT2D eigenvalue weighted by molar-refractivity contribution is 0.399. The number of nitrogens with zero attached hydrogens (tertiary/aromatic N) is 2. The standard InChI is InChI=1S/C7H6N3O/c1-11-6-3-2-5-7(10-6)9-4-8-5/h2-3H,1H3,(H,8,9,10). The van der Waals surface area contributed by atoms with E-state index in [1.807, 2.05) is 6.07 Å². The molecule has 0 amide bonds. The Balaban J connectivity index is 2.67. The van der Waals surface area contributed by atoms with Crippen molar-refractivity contribution in [3.8, 4) is 5.88 Å². The molecule has 0 aliphatic carbocycles. The molecule has 0 bridgehead atoms. The number of methoxy groups -OCH3 is 1. The van der Waals surface area contributed by atoms with Gasteiger partial charge in [-0.25, -0.2) is 4.98 Å². The molecular weight excluding hydrogens is 142 g/mol. The Hall–Kier alpha value is -1.58. The van der Waals surface area contributed by atoms with Gasteiger partial charge in [-0.3, -0.25) is 0 Å². The zero-order valence-electron chi connectivity index (χ0n) is 5.96. The first-order valence-corrected chi connectivity index (χ1v) is 3.17. The third kappa shape index (κ3) is 0.920. The summed E-state index contributed by atoms with van der Waals surface area (Å²) in [4.78, 5) is 10.7. The number of aromatic nitrogens is 3. The number of aromatic amines is 1. The first-order chi connectivity index (χ1) is 5.40. The molecule has 0 fully saturated rings. The smallest absolute Gasteiger partial charge is 0.215 e. The normalized spacial score (nSPS) is 10.3. The molecule has 0 unspecified atom stereocenters. The number of nitrogens with one attached hydrogen (secondary N) is 1. The number of ether oxygens (including phenoxy) is 1. The maximum atomic E-state index is 4.92. The van der Waals surface area contributed by atoms with Crippen LogP contribution in [0.2, 0.25) is 0 Å². The summed E-state index contributed by atoms with van der Waals surface area (Å²) in [5.41, 5.74) is 1.50. The van der Waals surface area contributed by atoms with Crippen LogP contribution in [-0.4, -0.2) is 22.1 Å². The highest BCUT2D eigenvalue weighted by Gasteiger charge is 1.98. The summed E-state index contributed by atoms with van der Waals surface area (Å²) in [6.45, 7) is 0. The van der Waals surface area contributed by atoms with Crippen molar-refractivity contribution in [2.24, 2.45) is 0 Å². The van der Waals surface area contributed by atoms with Gasteiger partial charge in [0.15, 0.2) is 12.0 Å². The Morgan fingerprint density at radius 3 is 3.27 bits per heavy atom. The second kappa shape index (κ2) is 2.23. The summed E-state index contributed by atoms with van der Waals surface area (Å²) in [6.07, 6.45) is 2.60. The fourth-order valence-corrected chi connectivity index (χ4v) is 0.871. The maximum Gasteiger partial charge on any atom is 0.215 e. The molecule has 0 spiro atoms. The van der Waals surface area contributed by atoms with Crippen molar-refractivity contribution in [2.45, 2.75) is 0 Å². The van der Waals surface area contributed by atoms with Crippen LogP contribution >= 0.6 is 0 Å². The molecule has 0 aliphatic heterocycles. The summed E-state index contributed by atoms with van der Waals surface area (Å²) < 4.78 is 4.92. The molecule has 1 N–H and O–H groups in total. The van der Waals surface area contributed by atoms with E-state index in [0.29, 0.717) is 11.5 Å². The van der Waals surface area contributed by atoms with Gasteiger partial charge in [0, 0.05) is 6.07 Å². The third-order valence-corrected chi connectivity index (χ3v) is 1.41. The zero-order valence-corrected chi connectivity index (χ0v) is 5.96. The van der Waals surface area contributed by atoms with Gasteiger partial charge in [-0.05, 0) is 6.07 Å². The van der Waals surface area contributed by atoms with E-state index in [4.69, 9.17) is 4.74 Å². The van der Waals surface area contributed by atoms with Crippen molar-refractivity contribution in [1.82, 2.24) is 15.0 Å². The van der Waals surface area contributed by atoms with Gasteiger partial charge < -0.3 is 9.72 Å². The highest BCUT2D eigenvalue weighted by molar-refractivity contribution is 5.69. The van der Waals surface area contributed by atoms with Gasteiger partial charge in [0.05, 0.1) is 7.11 Å². The Morgan fingerprint density at radius 1 is 1.55 bits per heavy atom. The molecule has 2 aromatic rings. The minimum Gasteiger partial charge on any atom is -0.481 e. The lowest BCUT2D eigenvalue weighted by Crippen LogP contribution is -1.86. The van der Waals surface area contributed by atoms with Crippen LogP contribution in [0.25, 0.3) is 11.2 Å². The molecule has 2 heterocycles. The first-order valence-electron chi connectivity index (χ1n) is 3.17. The van der Waals surface area contributed by atoms with Crippen LogP contribution in [0, 0.1) is 6.33 Å². The van der Waals surface area contributed by atoms with Gasteiger partial charge in [0.2, 0.25) is 5.88 Å². The molecule has 0 saturated carbocycles. The average molecular weight is 148 g/mol. The largest absolute Gasteiger partial charge is 0.481 e. The van der Waals surface area contributed by atoms with Gasteiger partial charge in [-0.1, -0.05) is 0 Å². The van der Waals surface area contributed by atoms with Gasteiger partial charge >= 0.3 is 0 Å².